The fourth-order valence-electron chi connectivity index (χ4n) is 10.2. The van der Waals surface area contributed by atoms with Gasteiger partial charge in [0, 0.05) is 33.0 Å². The number of para-hydroxylation sites is 3. The third-order valence-corrected chi connectivity index (χ3v) is 13.0. The molecule has 0 saturated carbocycles. The second-order valence-electron chi connectivity index (χ2n) is 16.1. The van der Waals surface area contributed by atoms with Gasteiger partial charge in [0.05, 0.1) is 11.4 Å². The Bertz CT molecular complexity index is 3220. The maximum absolute atomic E-state index is 7.18. The monoisotopic (exact) mass is 753 g/mol. The van der Waals surface area contributed by atoms with Gasteiger partial charge in [-0.2, -0.15) is 0 Å². The quantitative estimate of drug-likeness (QED) is 0.168. The van der Waals surface area contributed by atoms with Crippen LogP contribution in [0.25, 0.3) is 66.4 Å². The van der Waals surface area contributed by atoms with Crippen molar-refractivity contribution in [2.24, 2.45) is 0 Å². The van der Waals surface area contributed by atoms with E-state index in [1.54, 1.807) is 0 Å². The van der Waals surface area contributed by atoms with E-state index in [2.05, 4.69) is 218 Å². The molecule has 0 bridgehead atoms. The molecule has 0 N–H and O–H groups in total. The Morgan fingerprint density at radius 1 is 0.407 bits per heavy atom. The third-order valence-electron chi connectivity index (χ3n) is 13.0. The standard InChI is InChI=1S/C57H39NO/c1-57(51-25-10-7-20-47(51)48-21-8-11-26-52(48)57)41-31-29-38(30-32-41)46-22-13-23-49-50-24-14-28-54(56(50)59-55(46)49)58(53-27-12-9-19-45(53)37-15-3-2-4-16-37)42-33-34-44-40(36-42)35-39-17-5-6-18-43(39)44/h2-34,36H,35H2,1H3. The van der Waals surface area contributed by atoms with Crippen LogP contribution < -0.4 is 4.90 Å². The van der Waals surface area contributed by atoms with Crippen LogP contribution in [0.15, 0.2) is 211 Å². The van der Waals surface area contributed by atoms with E-state index < -0.39 is 0 Å². The maximum atomic E-state index is 7.18. The molecule has 1 aromatic heterocycles. The topological polar surface area (TPSA) is 16.4 Å². The molecule has 59 heavy (non-hydrogen) atoms. The van der Waals surface area contributed by atoms with Gasteiger partial charge in [0.15, 0.2) is 5.58 Å². The Morgan fingerprint density at radius 3 is 1.73 bits per heavy atom. The van der Waals surface area contributed by atoms with Gasteiger partial charge in [-0.25, -0.2) is 0 Å². The lowest BCUT2D eigenvalue weighted by atomic mass is 9.74. The van der Waals surface area contributed by atoms with E-state index in [4.69, 9.17) is 4.42 Å². The Labute approximate surface area is 344 Å². The van der Waals surface area contributed by atoms with Gasteiger partial charge in [0.1, 0.15) is 5.58 Å². The molecule has 0 spiro atoms. The van der Waals surface area contributed by atoms with Crippen LogP contribution in [-0.2, 0) is 11.8 Å². The van der Waals surface area contributed by atoms with E-state index in [0.29, 0.717) is 0 Å². The predicted octanol–water partition coefficient (Wildman–Crippen LogP) is 15.3. The van der Waals surface area contributed by atoms with Gasteiger partial charge in [0.25, 0.3) is 0 Å². The van der Waals surface area contributed by atoms with Crippen LogP contribution in [-0.4, -0.2) is 0 Å². The van der Waals surface area contributed by atoms with Crippen molar-refractivity contribution >= 4 is 39.0 Å². The molecule has 0 unspecified atom stereocenters. The van der Waals surface area contributed by atoms with E-state index in [-0.39, 0.29) is 5.41 Å². The molecule has 0 aliphatic heterocycles. The zero-order valence-electron chi connectivity index (χ0n) is 32.7. The highest BCUT2D eigenvalue weighted by Crippen LogP contribution is 2.53. The van der Waals surface area contributed by atoms with Gasteiger partial charge >= 0.3 is 0 Å². The lowest BCUT2D eigenvalue weighted by Gasteiger charge is -2.28. The van der Waals surface area contributed by atoms with Crippen molar-refractivity contribution in [2.45, 2.75) is 18.8 Å². The number of hydrogen-bond acceptors (Lipinski definition) is 2. The highest BCUT2D eigenvalue weighted by Gasteiger charge is 2.40. The van der Waals surface area contributed by atoms with Crippen molar-refractivity contribution in [1.82, 2.24) is 0 Å². The summed E-state index contributed by atoms with van der Waals surface area (Å²) in [6.45, 7) is 2.37. The first-order valence-electron chi connectivity index (χ1n) is 20.6. The Balaban J connectivity index is 1.02. The summed E-state index contributed by atoms with van der Waals surface area (Å²) in [6.07, 6.45) is 0.919. The van der Waals surface area contributed by atoms with Crippen LogP contribution in [0.1, 0.15) is 34.7 Å². The molecule has 12 rings (SSSR count). The van der Waals surface area contributed by atoms with Gasteiger partial charge in [-0.1, -0.05) is 182 Å². The largest absolute Gasteiger partial charge is 0.453 e. The molecule has 2 heteroatoms. The van der Waals surface area contributed by atoms with Crippen LogP contribution in [0.4, 0.5) is 17.1 Å². The number of anilines is 3. The highest BCUT2D eigenvalue weighted by atomic mass is 16.3. The lowest BCUT2D eigenvalue weighted by molar-refractivity contribution is 0.670. The third kappa shape index (κ3) is 5.06. The fourth-order valence-corrected chi connectivity index (χ4v) is 10.2. The molecule has 0 atom stereocenters. The minimum atomic E-state index is -0.244. The van der Waals surface area contributed by atoms with Gasteiger partial charge < -0.3 is 9.32 Å². The summed E-state index contributed by atoms with van der Waals surface area (Å²) in [5.41, 5.74) is 21.3. The zero-order valence-corrected chi connectivity index (χ0v) is 32.7. The second-order valence-corrected chi connectivity index (χ2v) is 16.1. The summed E-state index contributed by atoms with van der Waals surface area (Å²) in [4.78, 5) is 2.41. The summed E-state index contributed by atoms with van der Waals surface area (Å²) in [6, 6.07) is 75.2. The lowest BCUT2D eigenvalue weighted by Crippen LogP contribution is -2.22. The molecule has 0 saturated heterocycles. The minimum absolute atomic E-state index is 0.244. The smallest absolute Gasteiger partial charge is 0.159 e. The molecular formula is C57H39NO. The molecule has 2 aliphatic rings. The van der Waals surface area contributed by atoms with E-state index in [9.17, 15) is 0 Å². The molecule has 0 amide bonds. The van der Waals surface area contributed by atoms with E-state index in [1.165, 1.54) is 55.6 Å². The number of hydrogen-bond donors (Lipinski definition) is 0. The number of rotatable bonds is 6. The second kappa shape index (κ2) is 13.1. The van der Waals surface area contributed by atoms with E-state index >= 15 is 0 Å². The first-order valence-corrected chi connectivity index (χ1v) is 20.6. The molecule has 278 valence electrons. The Hall–Kier alpha value is -7.42. The summed E-state index contributed by atoms with van der Waals surface area (Å²) in [5.74, 6) is 0. The maximum Gasteiger partial charge on any atom is 0.159 e. The van der Waals surface area contributed by atoms with E-state index in [0.717, 1.165) is 62.1 Å². The van der Waals surface area contributed by atoms with Gasteiger partial charge in [-0.05, 0) is 98.8 Å². The Kier molecular flexibility index (Phi) is 7.46. The van der Waals surface area contributed by atoms with Crippen LogP contribution in [0.2, 0.25) is 0 Å². The van der Waals surface area contributed by atoms with Crippen LogP contribution in [0.5, 0.6) is 0 Å². The molecule has 10 aromatic rings. The molecule has 2 nitrogen and oxygen atoms in total. The summed E-state index contributed by atoms with van der Waals surface area (Å²) >= 11 is 0. The number of benzene rings is 9. The van der Waals surface area contributed by atoms with Crippen molar-refractivity contribution in [3.05, 3.63) is 234 Å². The van der Waals surface area contributed by atoms with Crippen LogP contribution in [0, 0.1) is 0 Å². The number of fused-ring (bicyclic) bond motifs is 9. The van der Waals surface area contributed by atoms with Crippen molar-refractivity contribution in [3.8, 4) is 44.5 Å². The van der Waals surface area contributed by atoms with E-state index in [1.807, 2.05) is 0 Å². The molecule has 0 fully saturated rings. The fraction of sp³-hybridized carbons (Fsp3) is 0.0526. The number of furan rings is 1. The first-order chi connectivity index (χ1) is 29.1. The van der Waals surface area contributed by atoms with Gasteiger partial charge in [-0.3, -0.25) is 0 Å². The predicted molar refractivity (Wildman–Crippen MR) is 245 cm³/mol. The molecular weight excluding hydrogens is 715 g/mol. The van der Waals surface area contributed by atoms with Crippen LogP contribution >= 0.6 is 0 Å². The van der Waals surface area contributed by atoms with Gasteiger partial charge in [0.2, 0.25) is 0 Å². The van der Waals surface area contributed by atoms with Gasteiger partial charge in [-0.15, -0.1) is 0 Å². The zero-order chi connectivity index (χ0) is 39.1. The molecule has 0 radical (unpaired) electrons. The summed E-state index contributed by atoms with van der Waals surface area (Å²) in [5, 5.41) is 2.20. The molecule has 1 heterocycles. The highest BCUT2D eigenvalue weighted by molar-refractivity contribution is 6.14. The Morgan fingerprint density at radius 2 is 0.966 bits per heavy atom. The summed E-state index contributed by atoms with van der Waals surface area (Å²) in [7, 11) is 0. The van der Waals surface area contributed by atoms with Crippen molar-refractivity contribution in [2.75, 3.05) is 4.90 Å². The SMILES string of the molecule is CC1(c2ccc(-c3cccc4c3oc3c(N(c5ccc6c(c5)Cc5ccccc5-6)c5ccccc5-c5ccccc5)cccc34)cc2)c2ccccc2-c2ccccc21. The van der Waals surface area contributed by atoms with Crippen molar-refractivity contribution in [3.63, 3.8) is 0 Å². The minimum Gasteiger partial charge on any atom is -0.453 e. The molecule has 2 aliphatic carbocycles. The molecule has 9 aromatic carbocycles. The van der Waals surface area contributed by atoms with Crippen LogP contribution in [0.3, 0.4) is 0 Å². The van der Waals surface area contributed by atoms with Crippen molar-refractivity contribution < 1.29 is 4.42 Å². The normalized spacial score (nSPS) is 13.2. The average molecular weight is 754 g/mol. The summed E-state index contributed by atoms with van der Waals surface area (Å²) < 4.78 is 7.18. The average Bonchev–Trinajstić information content (AvgIpc) is 3.96. The first kappa shape index (κ1) is 33.7. The number of nitrogens with zero attached hydrogens (tertiary/aromatic N) is 1. The van der Waals surface area contributed by atoms with Crippen molar-refractivity contribution in [1.29, 1.82) is 0 Å².